The minimum Gasteiger partial charge on any atom is -0.373 e. The van der Waals surface area contributed by atoms with E-state index < -0.39 is 0 Å². The summed E-state index contributed by atoms with van der Waals surface area (Å²) in [6.07, 6.45) is 0.863. The summed E-state index contributed by atoms with van der Waals surface area (Å²) in [5.41, 5.74) is 0.979. The van der Waals surface area contributed by atoms with Crippen LogP contribution in [0.2, 0.25) is 0 Å². The molecule has 0 aliphatic carbocycles. The molecule has 1 heterocycles. The first-order valence-electron chi connectivity index (χ1n) is 9.49. The second kappa shape index (κ2) is 7.77. The van der Waals surface area contributed by atoms with Gasteiger partial charge >= 0.3 is 0 Å². The fraction of sp³-hybridized carbons (Fsp3) is 0.500. The summed E-state index contributed by atoms with van der Waals surface area (Å²) in [5, 5.41) is 5.47. The largest absolute Gasteiger partial charge is 0.373 e. The van der Waals surface area contributed by atoms with Gasteiger partial charge in [0.05, 0.1) is 18.6 Å². The van der Waals surface area contributed by atoms with Crippen molar-refractivity contribution in [2.75, 3.05) is 19.6 Å². The number of nitrogens with one attached hydrogen (secondary N) is 1. The van der Waals surface area contributed by atoms with Crippen LogP contribution in [0.25, 0.3) is 10.8 Å². The Balaban J connectivity index is 1.61. The Bertz CT molecular complexity index is 756. The number of benzene rings is 2. The van der Waals surface area contributed by atoms with E-state index in [-0.39, 0.29) is 23.7 Å². The molecule has 0 bridgehead atoms. The van der Waals surface area contributed by atoms with E-state index in [1.54, 1.807) is 0 Å². The van der Waals surface area contributed by atoms with Crippen molar-refractivity contribution in [3.05, 3.63) is 48.0 Å². The molecule has 4 nitrogen and oxygen atoms in total. The van der Waals surface area contributed by atoms with Gasteiger partial charge in [-0.1, -0.05) is 42.5 Å². The van der Waals surface area contributed by atoms with Crippen molar-refractivity contribution in [2.24, 2.45) is 0 Å². The number of fused-ring (bicyclic) bond motifs is 1. The smallest absolute Gasteiger partial charge is 0.224 e. The van der Waals surface area contributed by atoms with Gasteiger partial charge in [-0.3, -0.25) is 9.69 Å². The average molecular weight is 354 g/mol. The lowest BCUT2D eigenvalue weighted by atomic mass is 9.99. The number of morpholine rings is 1. The van der Waals surface area contributed by atoms with Crippen LogP contribution in [-0.2, 0) is 16.0 Å². The Labute approximate surface area is 156 Å². The quantitative estimate of drug-likeness (QED) is 0.895. The second-order valence-corrected chi connectivity index (χ2v) is 8.07. The standard InChI is InChI=1S/C22H30N2O2/c1-16-13-24(14-17(2)26-16)22(3,4)15-23-21(25)12-19-10-7-9-18-8-5-6-11-20(18)19/h5-11,16-17H,12-15H2,1-4H3,(H,23,25)/t16-,17-/m1/s1. The average Bonchev–Trinajstić information content (AvgIpc) is 2.60. The Hall–Kier alpha value is -1.91. The number of carbonyl (C=O) groups excluding carboxylic acids is 1. The molecule has 0 saturated carbocycles. The minimum absolute atomic E-state index is 0.0729. The van der Waals surface area contributed by atoms with Gasteiger partial charge in [0, 0.05) is 25.2 Å². The molecule has 1 saturated heterocycles. The van der Waals surface area contributed by atoms with Gasteiger partial charge in [0.25, 0.3) is 0 Å². The fourth-order valence-electron chi connectivity index (χ4n) is 3.78. The van der Waals surface area contributed by atoms with Gasteiger partial charge in [-0.2, -0.15) is 0 Å². The Morgan fingerprint density at radius 3 is 2.50 bits per heavy atom. The molecule has 1 amide bonds. The summed E-state index contributed by atoms with van der Waals surface area (Å²) in [6, 6.07) is 14.4. The molecule has 0 unspecified atom stereocenters. The molecule has 26 heavy (non-hydrogen) atoms. The first-order valence-corrected chi connectivity index (χ1v) is 9.49. The third-order valence-electron chi connectivity index (χ3n) is 5.22. The Morgan fingerprint density at radius 1 is 1.12 bits per heavy atom. The maximum absolute atomic E-state index is 12.6. The number of amides is 1. The third kappa shape index (κ3) is 4.43. The Kier molecular flexibility index (Phi) is 5.64. The van der Waals surface area contributed by atoms with Crippen molar-refractivity contribution in [3.8, 4) is 0 Å². The SMILES string of the molecule is C[C@@H]1CN(C(C)(C)CNC(=O)Cc2cccc3ccccc23)C[C@@H](C)O1. The summed E-state index contributed by atoms with van der Waals surface area (Å²) in [6.45, 7) is 11.0. The second-order valence-electron chi connectivity index (χ2n) is 8.07. The van der Waals surface area contributed by atoms with Gasteiger partial charge in [0.2, 0.25) is 5.91 Å². The maximum Gasteiger partial charge on any atom is 0.224 e. The van der Waals surface area contributed by atoms with E-state index in [1.165, 1.54) is 5.39 Å². The molecule has 140 valence electrons. The van der Waals surface area contributed by atoms with Crippen LogP contribution in [0, 0.1) is 0 Å². The lowest BCUT2D eigenvalue weighted by molar-refractivity contribution is -0.122. The molecule has 2 aromatic carbocycles. The summed E-state index contributed by atoms with van der Waals surface area (Å²) >= 11 is 0. The van der Waals surface area contributed by atoms with Crippen LogP contribution in [0.5, 0.6) is 0 Å². The summed E-state index contributed by atoms with van der Waals surface area (Å²) in [4.78, 5) is 15.0. The van der Waals surface area contributed by atoms with Crippen molar-refractivity contribution in [1.29, 1.82) is 0 Å². The zero-order chi connectivity index (χ0) is 18.7. The highest BCUT2D eigenvalue weighted by Gasteiger charge is 2.33. The molecule has 2 aromatic rings. The molecule has 1 aliphatic heterocycles. The summed E-state index contributed by atoms with van der Waals surface area (Å²) in [5.74, 6) is 0.0729. The van der Waals surface area contributed by atoms with E-state index in [4.69, 9.17) is 4.74 Å². The predicted octanol–water partition coefficient (Wildman–Crippen LogP) is 3.39. The van der Waals surface area contributed by atoms with Crippen LogP contribution in [0.3, 0.4) is 0 Å². The van der Waals surface area contributed by atoms with Crippen LogP contribution in [0.4, 0.5) is 0 Å². The van der Waals surface area contributed by atoms with Crippen molar-refractivity contribution in [1.82, 2.24) is 10.2 Å². The minimum atomic E-state index is -0.0965. The van der Waals surface area contributed by atoms with Gasteiger partial charge in [-0.15, -0.1) is 0 Å². The monoisotopic (exact) mass is 354 g/mol. The molecule has 1 N–H and O–H groups in total. The highest BCUT2D eigenvalue weighted by molar-refractivity contribution is 5.90. The third-order valence-corrected chi connectivity index (χ3v) is 5.22. The molecular weight excluding hydrogens is 324 g/mol. The zero-order valence-electron chi connectivity index (χ0n) is 16.3. The van der Waals surface area contributed by atoms with E-state index in [2.05, 4.69) is 56.1 Å². The molecule has 3 rings (SSSR count). The van der Waals surface area contributed by atoms with E-state index >= 15 is 0 Å². The normalized spacial score (nSPS) is 21.7. The summed E-state index contributed by atoms with van der Waals surface area (Å²) in [7, 11) is 0. The van der Waals surface area contributed by atoms with Gasteiger partial charge in [0.15, 0.2) is 0 Å². The van der Waals surface area contributed by atoms with Gasteiger partial charge in [-0.25, -0.2) is 0 Å². The topological polar surface area (TPSA) is 41.6 Å². The molecular formula is C22H30N2O2. The summed E-state index contributed by atoms with van der Waals surface area (Å²) < 4.78 is 5.83. The molecule has 1 fully saturated rings. The highest BCUT2D eigenvalue weighted by atomic mass is 16.5. The van der Waals surface area contributed by atoms with Gasteiger partial charge < -0.3 is 10.1 Å². The number of ether oxygens (including phenoxy) is 1. The maximum atomic E-state index is 12.6. The van der Waals surface area contributed by atoms with Crippen molar-refractivity contribution in [3.63, 3.8) is 0 Å². The van der Waals surface area contributed by atoms with Crippen LogP contribution in [0.1, 0.15) is 33.3 Å². The van der Waals surface area contributed by atoms with Crippen molar-refractivity contribution in [2.45, 2.75) is 51.9 Å². The van der Waals surface area contributed by atoms with Crippen LogP contribution in [0.15, 0.2) is 42.5 Å². The first kappa shape index (κ1) is 18.9. The molecule has 0 aromatic heterocycles. The van der Waals surface area contributed by atoms with Crippen molar-refractivity contribution < 1.29 is 9.53 Å². The molecule has 4 heteroatoms. The van der Waals surface area contributed by atoms with Crippen molar-refractivity contribution >= 4 is 16.7 Å². The van der Waals surface area contributed by atoms with E-state index in [9.17, 15) is 4.79 Å². The lowest BCUT2D eigenvalue weighted by Gasteiger charge is -2.45. The van der Waals surface area contributed by atoms with Crippen LogP contribution < -0.4 is 5.32 Å². The number of nitrogens with zero attached hydrogens (tertiary/aromatic N) is 1. The number of rotatable bonds is 5. The molecule has 0 spiro atoms. The van der Waals surface area contributed by atoms with Crippen LogP contribution >= 0.6 is 0 Å². The van der Waals surface area contributed by atoms with Gasteiger partial charge in [-0.05, 0) is 44.0 Å². The fourth-order valence-corrected chi connectivity index (χ4v) is 3.78. The lowest BCUT2D eigenvalue weighted by Crippen LogP contribution is -2.58. The first-order chi connectivity index (χ1) is 12.3. The highest BCUT2D eigenvalue weighted by Crippen LogP contribution is 2.21. The van der Waals surface area contributed by atoms with E-state index in [1.807, 2.05) is 24.3 Å². The van der Waals surface area contributed by atoms with E-state index in [0.29, 0.717) is 13.0 Å². The number of carbonyl (C=O) groups is 1. The zero-order valence-corrected chi connectivity index (χ0v) is 16.3. The molecule has 2 atom stereocenters. The van der Waals surface area contributed by atoms with Crippen LogP contribution in [-0.4, -0.2) is 48.2 Å². The number of hydrogen-bond donors (Lipinski definition) is 1. The molecule has 1 aliphatic rings. The van der Waals surface area contributed by atoms with Gasteiger partial charge in [0.1, 0.15) is 0 Å². The molecule has 0 radical (unpaired) electrons. The Morgan fingerprint density at radius 2 is 1.77 bits per heavy atom. The number of hydrogen-bond acceptors (Lipinski definition) is 3. The van der Waals surface area contributed by atoms with E-state index in [0.717, 1.165) is 24.0 Å². The predicted molar refractivity (Wildman–Crippen MR) is 106 cm³/mol.